The monoisotopic (exact) mass is 791 g/mol. The van der Waals surface area contributed by atoms with Crippen LogP contribution in [0.5, 0.6) is 0 Å². The second-order valence-corrected chi connectivity index (χ2v) is 15.7. The predicted molar refractivity (Wildman–Crippen MR) is 261 cm³/mol. The topological polar surface area (TPSA) is 16.4 Å². The highest BCUT2D eigenvalue weighted by molar-refractivity contribution is 6.14. The standard InChI is InChI=1S/C60H41NO/c1-4-13-42(14-5-1)45-23-25-46(26-24-45)47-27-29-48(30-28-47)50-33-38-53(39-34-50)61(52-36-31-49(32-37-52)43-15-6-2-7-16-43)57-41-51(44-17-8-3-9-18-44)35-40-54(57)55-20-12-22-59-60(55)56-19-10-11-21-58(56)62-59/h1-41H. The summed E-state index contributed by atoms with van der Waals surface area (Å²) in [7, 11) is 0. The Hall–Kier alpha value is -8.20. The second kappa shape index (κ2) is 16.1. The van der Waals surface area contributed by atoms with Crippen LogP contribution in [0.1, 0.15) is 0 Å². The molecule has 11 rings (SSSR count). The Morgan fingerprint density at radius 1 is 0.258 bits per heavy atom. The van der Waals surface area contributed by atoms with E-state index in [1.807, 2.05) is 6.07 Å². The highest BCUT2D eigenvalue weighted by atomic mass is 16.3. The summed E-state index contributed by atoms with van der Waals surface area (Å²) in [6, 6.07) is 89.1. The van der Waals surface area contributed by atoms with Crippen molar-refractivity contribution in [2.75, 3.05) is 4.90 Å². The van der Waals surface area contributed by atoms with Crippen molar-refractivity contribution >= 4 is 39.0 Å². The first-order chi connectivity index (χ1) is 30.7. The Labute approximate surface area is 362 Å². The second-order valence-electron chi connectivity index (χ2n) is 15.7. The van der Waals surface area contributed by atoms with Crippen molar-refractivity contribution in [3.05, 3.63) is 249 Å². The third kappa shape index (κ3) is 7.04. The molecule has 0 amide bonds. The van der Waals surface area contributed by atoms with Gasteiger partial charge in [-0.15, -0.1) is 0 Å². The zero-order valence-electron chi connectivity index (χ0n) is 34.0. The summed E-state index contributed by atoms with van der Waals surface area (Å²) in [6.07, 6.45) is 0. The van der Waals surface area contributed by atoms with E-state index in [1.165, 1.54) is 38.9 Å². The smallest absolute Gasteiger partial charge is 0.136 e. The van der Waals surface area contributed by atoms with E-state index in [-0.39, 0.29) is 0 Å². The Bertz CT molecular complexity index is 3280. The Balaban J connectivity index is 1.02. The molecule has 292 valence electrons. The van der Waals surface area contributed by atoms with Crippen LogP contribution in [0.15, 0.2) is 253 Å². The highest BCUT2D eigenvalue weighted by Gasteiger charge is 2.22. The predicted octanol–water partition coefficient (Wildman–Crippen LogP) is 17.1. The molecule has 0 aliphatic carbocycles. The fourth-order valence-electron chi connectivity index (χ4n) is 8.76. The zero-order valence-corrected chi connectivity index (χ0v) is 34.0. The number of nitrogens with zero attached hydrogens (tertiary/aromatic N) is 1. The van der Waals surface area contributed by atoms with E-state index in [0.717, 1.165) is 66.8 Å². The largest absolute Gasteiger partial charge is 0.456 e. The van der Waals surface area contributed by atoms with Gasteiger partial charge in [-0.25, -0.2) is 0 Å². The minimum atomic E-state index is 0.875. The van der Waals surface area contributed by atoms with Crippen molar-refractivity contribution in [3.63, 3.8) is 0 Å². The molecule has 0 saturated carbocycles. The van der Waals surface area contributed by atoms with Gasteiger partial charge in [0.1, 0.15) is 11.2 Å². The molecule has 0 aliphatic heterocycles. The van der Waals surface area contributed by atoms with Gasteiger partial charge >= 0.3 is 0 Å². The lowest BCUT2D eigenvalue weighted by molar-refractivity contribution is 0.669. The van der Waals surface area contributed by atoms with Gasteiger partial charge in [-0.1, -0.05) is 206 Å². The van der Waals surface area contributed by atoms with Gasteiger partial charge in [0, 0.05) is 27.7 Å². The average Bonchev–Trinajstić information content (AvgIpc) is 3.75. The fourth-order valence-corrected chi connectivity index (χ4v) is 8.76. The fraction of sp³-hybridized carbons (Fsp3) is 0. The summed E-state index contributed by atoms with van der Waals surface area (Å²) in [5.74, 6) is 0. The molecule has 2 heteroatoms. The molecule has 0 saturated heterocycles. The Kier molecular flexibility index (Phi) is 9.57. The molecule has 0 spiro atoms. The molecule has 2 nitrogen and oxygen atoms in total. The third-order valence-electron chi connectivity index (χ3n) is 11.9. The van der Waals surface area contributed by atoms with E-state index in [1.54, 1.807) is 0 Å². The van der Waals surface area contributed by atoms with Crippen molar-refractivity contribution in [2.45, 2.75) is 0 Å². The molecule has 1 heterocycles. The number of hydrogen-bond acceptors (Lipinski definition) is 2. The molecule has 0 atom stereocenters. The van der Waals surface area contributed by atoms with Crippen LogP contribution in [0.25, 0.3) is 88.7 Å². The highest BCUT2D eigenvalue weighted by Crippen LogP contribution is 2.47. The first-order valence-electron chi connectivity index (χ1n) is 21.2. The summed E-state index contributed by atoms with van der Waals surface area (Å²) in [6.45, 7) is 0. The van der Waals surface area contributed by atoms with E-state index in [0.29, 0.717) is 0 Å². The van der Waals surface area contributed by atoms with E-state index in [9.17, 15) is 0 Å². The zero-order chi connectivity index (χ0) is 41.2. The number of fused-ring (bicyclic) bond motifs is 3. The van der Waals surface area contributed by atoms with Gasteiger partial charge in [0.05, 0.1) is 5.69 Å². The lowest BCUT2D eigenvalue weighted by atomic mass is 9.93. The van der Waals surface area contributed by atoms with Crippen molar-refractivity contribution in [1.82, 2.24) is 0 Å². The summed E-state index contributed by atoms with van der Waals surface area (Å²) in [5.41, 5.74) is 19.1. The maximum atomic E-state index is 6.43. The maximum absolute atomic E-state index is 6.43. The lowest BCUT2D eigenvalue weighted by Crippen LogP contribution is -2.11. The van der Waals surface area contributed by atoms with Gasteiger partial charge in [-0.05, 0) is 104 Å². The Morgan fingerprint density at radius 2 is 0.629 bits per heavy atom. The van der Waals surface area contributed by atoms with Gasteiger partial charge < -0.3 is 9.32 Å². The molecular formula is C60H41NO. The third-order valence-corrected chi connectivity index (χ3v) is 11.9. The maximum Gasteiger partial charge on any atom is 0.136 e. The van der Waals surface area contributed by atoms with Gasteiger partial charge in [0.25, 0.3) is 0 Å². The lowest BCUT2D eigenvalue weighted by Gasteiger charge is -2.29. The summed E-state index contributed by atoms with van der Waals surface area (Å²) < 4.78 is 6.43. The van der Waals surface area contributed by atoms with Crippen LogP contribution in [0.2, 0.25) is 0 Å². The van der Waals surface area contributed by atoms with Crippen LogP contribution >= 0.6 is 0 Å². The molecule has 0 unspecified atom stereocenters. The van der Waals surface area contributed by atoms with Crippen LogP contribution in [0.4, 0.5) is 17.1 Å². The average molecular weight is 792 g/mol. The molecular weight excluding hydrogens is 751 g/mol. The van der Waals surface area contributed by atoms with Crippen molar-refractivity contribution in [1.29, 1.82) is 0 Å². The first kappa shape index (κ1) is 36.8. The molecule has 1 aromatic heterocycles. The molecule has 0 radical (unpaired) electrons. The number of benzene rings is 10. The van der Waals surface area contributed by atoms with Crippen LogP contribution in [-0.4, -0.2) is 0 Å². The van der Waals surface area contributed by atoms with E-state index >= 15 is 0 Å². The number of rotatable bonds is 9. The molecule has 0 bridgehead atoms. The normalized spacial score (nSPS) is 11.2. The quantitative estimate of drug-likeness (QED) is 0.145. The Morgan fingerprint density at radius 3 is 1.11 bits per heavy atom. The van der Waals surface area contributed by atoms with Crippen molar-refractivity contribution in [3.8, 4) is 66.8 Å². The summed E-state index contributed by atoms with van der Waals surface area (Å²) in [5, 5.41) is 2.22. The SMILES string of the molecule is c1ccc(-c2ccc(-c3ccc(-c4ccc(N(c5ccc(-c6ccccc6)cc5)c5cc(-c6ccccc6)ccc5-c5cccc6oc7ccccc7c56)cc4)cc3)cc2)cc1. The number of para-hydroxylation sites is 1. The molecule has 10 aromatic carbocycles. The van der Waals surface area contributed by atoms with E-state index in [4.69, 9.17) is 4.42 Å². The first-order valence-corrected chi connectivity index (χ1v) is 21.2. The summed E-state index contributed by atoms with van der Waals surface area (Å²) in [4.78, 5) is 2.41. The molecule has 0 fully saturated rings. The van der Waals surface area contributed by atoms with Gasteiger partial charge in [0.2, 0.25) is 0 Å². The molecule has 0 N–H and O–H groups in total. The van der Waals surface area contributed by atoms with Gasteiger partial charge in [-0.2, -0.15) is 0 Å². The van der Waals surface area contributed by atoms with Crippen LogP contribution < -0.4 is 4.90 Å². The number of furan rings is 1. The van der Waals surface area contributed by atoms with Crippen LogP contribution in [0.3, 0.4) is 0 Å². The van der Waals surface area contributed by atoms with E-state index in [2.05, 4.69) is 248 Å². The van der Waals surface area contributed by atoms with Crippen molar-refractivity contribution in [2.24, 2.45) is 0 Å². The van der Waals surface area contributed by atoms with Crippen LogP contribution in [0, 0.1) is 0 Å². The van der Waals surface area contributed by atoms with Crippen LogP contribution in [-0.2, 0) is 0 Å². The molecule has 0 aliphatic rings. The minimum absolute atomic E-state index is 0.875. The molecule has 11 aromatic rings. The van der Waals surface area contributed by atoms with E-state index < -0.39 is 0 Å². The molecule has 62 heavy (non-hydrogen) atoms. The number of anilines is 3. The van der Waals surface area contributed by atoms with Gasteiger partial charge in [0.15, 0.2) is 0 Å². The minimum Gasteiger partial charge on any atom is -0.456 e. The van der Waals surface area contributed by atoms with Gasteiger partial charge in [-0.3, -0.25) is 0 Å². The summed E-state index contributed by atoms with van der Waals surface area (Å²) >= 11 is 0. The number of hydrogen-bond donors (Lipinski definition) is 0. The van der Waals surface area contributed by atoms with Crippen molar-refractivity contribution < 1.29 is 4.42 Å².